The number of aliphatic hydroxyl groups is 2. The van der Waals surface area contributed by atoms with E-state index in [2.05, 4.69) is 10.6 Å². The number of carbonyl (C=O) groups excluding carboxylic acids is 1. The van der Waals surface area contributed by atoms with Gasteiger partial charge in [-0.15, -0.1) is 0 Å². The third-order valence-corrected chi connectivity index (χ3v) is 5.05. The van der Waals surface area contributed by atoms with Crippen LogP contribution in [0.25, 0.3) is 0 Å². The molecule has 0 aromatic heterocycles. The largest absolute Gasteiger partial charge is 0.388 e. The third-order valence-electron chi connectivity index (χ3n) is 4.81. The second-order valence-electron chi connectivity index (χ2n) is 7.06. The van der Waals surface area contributed by atoms with Crippen molar-refractivity contribution in [1.82, 2.24) is 10.6 Å². The second kappa shape index (κ2) is 10.1. The molecule has 2 aromatic carbocycles. The summed E-state index contributed by atoms with van der Waals surface area (Å²) >= 11 is 5.95. The maximum Gasteiger partial charge on any atom is 0.222 e. The van der Waals surface area contributed by atoms with Gasteiger partial charge in [-0.3, -0.25) is 4.79 Å². The summed E-state index contributed by atoms with van der Waals surface area (Å²) in [4.78, 5) is 12.1. The highest BCUT2D eigenvalue weighted by atomic mass is 35.5. The van der Waals surface area contributed by atoms with E-state index in [0.29, 0.717) is 18.1 Å². The lowest BCUT2D eigenvalue weighted by Gasteiger charge is -2.15. The van der Waals surface area contributed by atoms with E-state index in [1.165, 1.54) is 12.1 Å². The Morgan fingerprint density at radius 3 is 2.48 bits per heavy atom. The number of hydrogen-bond acceptors (Lipinski definition) is 5. The van der Waals surface area contributed by atoms with Gasteiger partial charge >= 0.3 is 0 Å². The van der Waals surface area contributed by atoms with Gasteiger partial charge in [0.25, 0.3) is 0 Å². The predicted octanol–water partition coefficient (Wildman–Crippen LogP) is 1.76. The molecular weight excluding hydrogens is 399 g/mol. The molecule has 0 aliphatic carbocycles. The zero-order valence-corrected chi connectivity index (χ0v) is 16.5. The molecule has 4 atom stereocenters. The minimum absolute atomic E-state index is 0.0792. The lowest BCUT2D eigenvalue weighted by atomic mass is 10.1. The molecule has 1 amide bonds. The standard InChI is InChI=1S/C21H24ClFN2O4/c22-15-3-1-2-14(8-15)10-24-12-18-21(28)20(27)17(29-18)9-19(26)25-11-13-4-6-16(23)7-5-13/h1-8,17-18,20-21,24,27-28H,9-12H2,(H,25,26). The quantitative estimate of drug-likeness (QED) is 0.520. The summed E-state index contributed by atoms with van der Waals surface area (Å²) < 4.78 is 18.6. The summed E-state index contributed by atoms with van der Waals surface area (Å²) in [5.41, 5.74) is 1.75. The van der Waals surface area contributed by atoms with Crippen molar-refractivity contribution in [2.45, 2.75) is 43.9 Å². The van der Waals surface area contributed by atoms with Crippen LogP contribution in [-0.2, 0) is 22.6 Å². The number of aliphatic hydroxyl groups excluding tert-OH is 2. The zero-order valence-electron chi connectivity index (χ0n) is 15.7. The minimum Gasteiger partial charge on any atom is -0.388 e. The van der Waals surface area contributed by atoms with Crippen molar-refractivity contribution in [2.24, 2.45) is 0 Å². The predicted molar refractivity (Wildman–Crippen MR) is 107 cm³/mol. The van der Waals surface area contributed by atoms with Crippen LogP contribution in [0.1, 0.15) is 17.5 Å². The van der Waals surface area contributed by atoms with Crippen molar-refractivity contribution in [2.75, 3.05) is 6.54 Å². The van der Waals surface area contributed by atoms with E-state index in [1.807, 2.05) is 18.2 Å². The van der Waals surface area contributed by atoms with Crippen molar-refractivity contribution in [3.63, 3.8) is 0 Å². The first-order valence-electron chi connectivity index (χ1n) is 9.40. The maximum atomic E-state index is 12.9. The van der Waals surface area contributed by atoms with Gasteiger partial charge in [-0.1, -0.05) is 35.9 Å². The van der Waals surface area contributed by atoms with Crippen molar-refractivity contribution < 1.29 is 24.1 Å². The first-order valence-corrected chi connectivity index (χ1v) is 9.78. The van der Waals surface area contributed by atoms with Gasteiger partial charge in [0.1, 0.15) is 18.0 Å². The summed E-state index contributed by atoms with van der Waals surface area (Å²) in [7, 11) is 0. The molecule has 0 bridgehead atoms. The lowest BCUT2D eigenvalue weighted by molar-refractivity contribution is -0.125. The van der Waals surface area contributed by atoms with Crippen LogP contribution < -0.4 is 10.6 Å². The van der Waals surface area contributed by atoms with Gasteiger partial charge in [0.2, 0.25) is 5.91 Å². The Kier molecular flexibility index (Phi) is 7.57. The van der Waals surface area contributed by atoms with Crippen LogP contribution in [0.15, 0.2) is 48.5 Å². The van der Waals surface area contributed by atoms with E-state index < -0.39 is 24.4 Å². The Balaban J connectivity index is 1.43. The topological polar surface area (TPSA) is 90.8 Å². The van der Waals surface area contributed by atoms with Gasteiger partial charge in [-0.2, -0.15) is 0 Å². The molecule has 1 aliphatic rings. The number of hydrogen-bond donors (Lipinski definition) is 4. The number of ether oxygens (including phenoxy) is 1. The normalized spacial score (nSPS) is 23.9. The SMILES string of the molecule is O=C(CC1OC(CNCc2cccc(Cl)c2)C(O)C1O)NCc1ccc(F)cc1. The Bertz CT molecular complexity index is 821. The monoisotopic (exact) mass is 422 g/mol. The maximum absolute atomic E-state index is 12.9. The van der Waals surface area contributed by atoms with E-state index in [9.17, 15) is 19.4 Å². The fourth-order valence-corrected chi connectivity index (χ4v) is 3.44. The highest BCUT2D eigenvalue weighted by molar-refractivity contribution is 6.30. The Labute approximate surface area is 173 Å². The van der Waals surface area contributed by atoms with Crippen LogP contribution in [-0.4, -0.2) is 47.1 Å². The van der Waals surface area contributed by atoms with Gasteiger partial charge in [0.05, 0.1) is 18.6 Å². The van der Waals surface area contributed by atoms with Gasteiger partial charge in [0.15, 0.2) is 0 Å². The van der Waals surface area contributed by atoms with E-state index in [0.717, 1.165) is 11.1 Å². The average Bonchev–Trinajstić information content (AvgIpc) is 2.95. The first kappa shape index (κ1) is 21.7. The molecule has 156 valence electrons. The molecule has 0 saturated carbocycles. The summed E-state index contributed by atoms with van der Waals surface area (Å²) in [6.45, 7) is 1.10. The van der Waals surface area contributed by atoms with E-state index in [1.54, 1.807) is 18.2 Å². The van der Waals surface area contributed by atoms with Crippen molar-refractivity contribution >= 4 is 17.5 Å². The summed E-state index contributed by atoms with van der Waals surface area (Å²) in [5.74, 6) is -0.662. The number of rotatable bonds is 8. The van der Waals surface area contributed by atoms with Crippen LogP contribution in [0.4, 0.5) is 4.39 Å². The Morgan fingerprint density at radius 1 is 1.03 bits per heavy atom. The molecule has 2 aromatic rings. The average molecular weight is 423 g/mol. The van der Waals surface area contributed by atoms with Crippen LogP contribution in [0, 0.1) is 5.82 Å². The highest BCUT2D eigenvalue weighted by Gasteiger charge is 2.42. The van der Waals surface area contributed by atoms with E-state index in [-0.39, 0.29) is 24.7 Å². The number of amides is 1. The molecule has 0 spiro atoms. The third kappa shape index (κ3) is 6.22. The van der Waals surface area contributed by atoms with Crippen molar-refractivity contribution in [3.8, 4) is 0 Å². The molecule has 6 nitrogen and oxygen atoms in total. The van der Waals surface area contributed by atoms with Crippen LogP contribution in [0.5, 0.6) is 0 Å². The van der Waals surface area contributed by atoms with Gasteiger partial charge in [-0.05, 0) is 35.4 Å². The van der Waals surface area contributed by atoms with Crippen molar-refractivity contribution in [3.05, 3.63) is 70.5 Å². The second-order valence-corrected chi connectivity index (χ2v) is 7.50. The molecular formula is C21H24ClFN2O4. The van der Waals surface area contributed by atoms with Crippen LogP contribution >= 0.6 is 11.6 Å². The molecule has 8 heteroatoms. The van der Waals surface area contributed by atoms with Crippen LogP contribution in [0.2, 0.25) is 5.02 Å². The summed E-state index contributed by atoms with van der Waals surface area (Å²) in [6, 6.07) is 13.2. The molecule has 29 heavy (non-hydrogen) atoms. The first-order chi connectivity index (χ1) is 13.9. The van der Waals surface area contributed by atoms with Gasteiger partial charge < -0.3 is 25.6 Å². The molecule has 1 fully saturated rings. The van der Waals surface area contributed by atoms with E-state index in [4.69, 9.17) is 16.3 Å². The fraction of sp³-hybridized carbons (Fsp3) is 0.381. The molecule has 1 aliphatic heterocycles. The van der Waals surface area contributed by atoms with Crippen molar-refractivity contribution in [1.29, 1.82) is 0 Å². The minimum atomic E-state index is -1.15. The van der Waals surface area contributed by atoms with Gasteiger partial charge in [-0.25, -0.2) is 4.39 Å². The van der Waals surface area contributed by atoms with E-state index >= 15 is 0 Å². The fourth-order valence-electron chi connectivity index (χ4n) is 3.23. The Hall–Kier alpha value is -2.03. The number of halogens is 2. The smallest absolute Gasteiger partial charge is 0.222 e. The molecule has 4 unspecified atom stereocenters. The van der Waals surface area contributed by atoms with Crippen LogP contribution in [0.3, 0.4) is 0 Å². The molecule has 0 radical (unpaired) electrons. The molecule has 4 N–H and O–H groups in total. The summed E-state index contributed by atoms with van der Waals surface area (Å²) in [5, 5.41) is 26.9. The number of nitrogens with one attached hydrogen (secondary N) is 2. The highest BCUT2D eigenvalue weighted by Crippen LogP contribution is 2.23. The number of benzene rings is 2. The summed E-state index contributed by atoms with van der Waals surface area (Å²) in [6.07, 6.45) is -3.74. The van der Waals surface area contributed by atoms with Gasteiger partial charge in [0, 0.05) is 24.7 Å². The Morgan fingerprint density at radius 2 is 1.76 bits per heavy atom. The number of carbonyl (C=O) groups is 1. The molecule has 3 rings (SSSR count). The molecule has 1 heterocycles. The zero-order chi connectivity index (χ0) is 20.8. The molecule has 1 saturated heterocycles. The lowest BCUT2D eigenvalue weighted by Crippen LogP contribution is -2.38.